The quantitative estimate of drug-likeness (QED) is 0.635. The molecule has 0 amide bonds. The third-order valence-corrected chi connectivity index (χ3v) is 3.03. The fourth-order valence-corrected chi connectivity index (χ4v) is 1.87. The van der Waals surface area contributed by atoms with Crippen molar-refractivity contribution in [1.29, 1.82) is 0 Å². The number of nitrogens with two attached hydrogens (primary N) is 1. The first-order valence-electron chi connectivity index (χ1n) is 7.20. The smallest absolute Gasteiger partial charge is 0.193 e. The molecule has 0 radical (unpaired) electrons. The van der Waals surface area contributed by atoms with E-state index in [-0.39, 0.29) is 11.9 Å². The van der Waals surface area contributed by atoms with Crippen LogP contribution < -0.4 is 20.5 Å². The van der Waals surface area contributed by atoms with Crippen molar-refractivity contribution in [2.75, 3.05) is 19.0 Å². The molecule has 3 N–H and O–H groups in total. The van der Waals surface area contributed by atoms with Gasteiger partial charge < -0.3 is 20.5 Å². The zero-order valence-electron chi connectivity index (χ0n) is 13.1. The number of methoxy groups -OCH3 is 1. The Morgan fingerprint density at radius 1 is 1.13 bits per heavy atom. The van der Waals surface area contributed by atoms with Crippen molar-refractivity contribution in [3.63, 3.8) is 0 Å². The van der Waals surface area contributed by atoms with E-state index in [1.165, 1.54) is 12.1 Å². The molecule has 0 aliphatic carbocycles. The Bertz CT molecular complexity index is 642. The molecule has 0 aliphatic heterocycles. The molecule has 2 rings (SSSR count). The van der Waals surface area contributed by atoms with Crippen LogP contribution >= 0.6 is 0 Å². The summed E-state index contributed by atoms with van der Waals surface area (Å²) in [6.07, 6.45) is -0.184. The molecule has 1 atom stereocenters. The Labute approximate surface area is 134 Å². The van der Waals surface area contributed by atoms with Gasteiger partial charge in [-0.3, -0.25) is 0 Å². The Balaban J connectivity index is 1.84. The largest absolute Gasteiger partial charge is 0.497 e. The van der Waals surface area contributed by atoms with E-state index in [1.807, 2.05) is 31.2 Å². The maximum atomic E-state index is 12.8. The van der Waals surface area contributed by atoms with Crippen LogP contribution in [0.1, 0.15) is 6.92 Å². The zero-order chi connectivity index (χ0) is 16.7. The number of guanidine groups is 1. The predicted octanol–water partition coefficient (Wildman–Crippen LogP) is 3.03. The van der Waals surface area contributed by atoms with Gasteiger partial charge in [-0.25, -0.2) is 9.38 Å². The molecule has 5 nitrogen and oxygen atoms in total. The number of nitrogens with zero attached hydrogens (tertiary/aromatic N) is 1. The van der Waals surface area contributed by atoms with Gasteiger partial charge in [0.05, 0.1) is 13.7 Å². The second-order valence-corrected chi connectivity index (χ2v) is 4.96. The van der Waals surface area contributed by atoms with Crippen molar-refractivity contribution in [1.82, 2.24) is 0 Å². The maximum Gasteiger partial charge on any atom is 0.193 e. The van der Waals surface area contributed by atoms with E-state index in [1.54, 1.807) is 19.2 Å². The first kappa shape index (κ1) is 16.6. The average molecular weight is 317 g/mol. The summed E-state index contributed by atoms with van der Waals surface area (Å²) in [5.74, 6) is 1.36. The number of hydrogen-bond acceptors (Lipinski definition) is 3. The lowest BCUT2D eigenvalue weighted by molar-refractivity contribution is 0.230. The van der Waals surface area contributed by atoms with Gasteiger partial charge in [0.15, 0.2) is 5.96 Å². The predicted molar refractivity (Wildman–Crippen MR) is 89.6 cm³/mol. The summed E-state index contributed by atoms with van der Waals surface area (Å²) in [4.78, 5) is 4.23. The highest BCUT2D eigenvalue weighted by Gasteiger charge is 2.04. The number of anilines is 1. The molecule has 6 heteroatoms. The average Bonchev–Trinajstić information content (AvgIpc) is 2.56. The Hall–Kier alpha value is -2.76. The first-order chi connectivity index (χ1) is 11.1. The van der Waals surface area contributed by atoms with Crippen molar-refractivity contribution in [2.24, 2.45) is 10.7 Å². The fraction of sp³-hybridized carbons (Fsp3) is 0.235. The summed E-state index contributed by atoms with van der Waals surface area (Å²) in [5.41, 5.74) is 6.66. The minimum atomic E-state index is -0.295. The Kier molecular flexibility index (Phi) is 5.80. The van der Waals surface area contributed by atoms with Gasteiger partial charge in [0.25, 0.3) is 0 Å². The van der Waals surface area contributed by atoms with E-state index >= 15 is 0 Å². The number of hydrogen-bond donors (Lipinski definition) is 2. The first-order valence-corrected chi connectivity index (χ1v) is 7.20. The van der Waals surface area contributed by atoms with Gasteiger partial charge in [-0.05, 0) is 55.5 Å². The van der Waals surface area contributed by atoms with Crippen LogP contribution in [0.15, 0.2) is 53.5 Å². The van der Waals surface area contributed by atoms with E-state index in [2.05, 4.69) is 10.3 Å². The van der Waals surface area contributed by atoms with Crippen LogP contribution in [-0.2, 0) is 0 Å². The second kappa shape index (κ2) is 8.03. The van der Waals surface area contributed by atoms with Gasteiger partial charge in [0.1, 0.15) is 23.4 Å². The molecule has 0 bridgehead atoms. The van der Waals surface area contributed by atoms with E-state index in [4.69, 9.17) is 15.2 Å². The molecule has 122 valence electrons. The van der Waals surface area contributed by atoms with Gasteiger partial charge in [0.2, 0.25) is 0 Å². The maximum absolute atomic E-state index is 12.8. The summed E-state index contributed by atoms with van der Waals surface area (Å²) >= 11 is 0. The van der Waals surface area contributed by atoms with Crippen LogP contribution in [0.4, 0.5) is 10.1 Å². The van der Waals surface area contributed by atoms with Gasteiger partial charge in [-0.2, -0.15) is 0 Å². The molecular formula is C17H20FN3O2. The molecular weight excluding hydrogens is 297 g/mol. The molecule has 0 aliphatic rings. The SMILES string of the molecule is COc1ccc(NC(N)=NCC(C)Oc2ccc(F)cc2)cc1. The summed E-state index contributed by atoms with van der Waals surface area (Å²) in [7, 11) is 1.61. The van der Waals surface area contributed by atoms with E-state index in [0.29, 0.717) is 18.3 Å². The van der Waals surface area contributed by atoms with E-state index in [0.717, 1.165) is 11.4 Å². The van der Waals surface area contributed by atoms with Gasteiger partial charge in [-0.1, -0.05) is 0 Å². The van der Waals surface area contributed by atoms with Crippen molar-refractivity contribution in [2.45, 2.75) is 13.0 Å². The zero-order valence-corrected chi connectivity index (χ0v) is 13.1. The standard InChI is InChI=1S/C17H20FN3O2/c1-12(23-16-7-3-13(18)4-8-16)11-20-17(19)21-14-5-9-15(22-2)10-6-14/h3-10,12H,11H2,1-2H3,(H3,19,20,21). The number of rotatable bonds is 6. The lowest BCUT2D eigenvalue weighted by atomic mass is 10.3. The van der Waals surface area contributed by atoms with Crippen LogP contribution in [-0.4, -0.2) is 25.7 Å². The third-order valence-electron chi connectivity index (χ3n) is 3.03. The third kappa shape index (κ3) is 5.50. The molecule has 0 saturated heterocycles. The molecule has 2 aromatic carbocycles. The molecule has 0 heterocycles. The van der Waals surface area contributed by atoms with Crippen LogP contribution in [0.3, 0.4) is 0 Å². The van der Waals surface area contributed by atoms with Crippen LogP contribution in [0, 0.1) is 5.82 Å². The molecule has 1 unspecified atom stereocenters. The number of halogens is 1. The lowest BCUT2D eigenvalue weighted by Gasteiger charge is -2.13. The Morgan fingerprint density at radius 3 is 2.35 bits per heavy atom. The molecule has 0 saturated carbocycles. The summed E-state index contributed by atoms with van der Waals surface area (Å²) in [6, 6.07) is 13.2. The summed E-state index contributed by atoms with van der Waals surface area (Å²) in [5, 5.41) is 2.99. The van der Waals surface area contributed by atoms with Crippen LogP contribution in [0.5, 0.6) is 11.5 Å². The summed E-state index contributed by atoms with van der Waals surface area (Å²) < 4.78 is 23.5. The monoisotopic (exact) mass is 317 g/mol. The molecule has 0 aromatic heterocycles. The van der Waals surface area contributed by atoms with Gasteiger partial charge in [-0.15, -0.1) is 0 Å². The molecule has 23 heavy (non-hydrogen) atoms. The van der Waals surface area contributed by atoms with Crippen LogP contribution in [0.25, 0.3) is 0 Å². The molecule has 0 spiro atoms. The Morgan fingerprint density at radius 2 is 1.74 bits per heavy atom. The molecule has 0 fully saturated rings. The minimum absolute atomic E-state index is 0.184. The van der Waals surface area contributed by atoms with Gasteiger partial charge in [0, 0.05) is 5.69 Å². The highest BCUT2D eigenvalue weighted by molar-refractivity contribution is 5.92. The van der Waals surface area contributed by atoms with Crippen molar-refractivity contribution < 1.29 is 13.9 Å². The van der Waals surface area contributed by atoms with Gasteiger partial charge >= 0.3 is 0 Å². The second-order valence-electron chi connectivity index (χ2n) is 4.96. The number of nitrogens with one attached hydrogen (secondary N) is 1. The fourth-order valence-electron chi connectivity index (χ4n) is 1.87. The highest BCUT2D eigenvalue weighted by Crippen LogP contribution is 2.15. The minimum Gasteiger partial charge on any atom is -0.497 e. The normalized spacial score (nSPS) is 12.6. The van der Waals surface area contributed by atoms with E-state index in [9.17, 15) is 4.39 Å². The number of ether oxygens (including phenoxy) is 2. The van der Waals surface area contributed by atoms with Crippen molar-refractivity contribution in [3.05, 3.63) is 54.3 Å². The number of benzene rings is 2. The highest BCUT2D eigenvalue weighted by atomic mass is 19.1. The van der Waals surface area contributed by atoms with E-state index < -0.39 is 0 Å². The topological polar surface area (TPSA) is 68.9 Å². The van der Waals surface area contributed by atoms with Crippen LogP contribution in [0.2, 0.25) is 0 Å². The number of aliphatic imine (C=N–C) groups is 1. The van der Waals surface area contributed by atoms with Crippen molar-refractivity contribution >= 4 is 11.6 Å². The summed E-state index contributed by atoms with van der Waals surface area (Å²) in [6.45, 7) is 2.25. The van der Waals surface area contributed by atoms with Crippen molar-refractivity contribution in [3.8, 4) is 11.5 Å². The lowest BCUT2D eigenvalue weighted by Crippen LogP contribution is -2.25. The molecule has 2 aromatic rings.